The lowest BCUT2D eigenvalue weighted by Gasteiger charge is -2.32. The molecule has 2 aromatic rings. The highest BCUT2D eigenvalue weighted by Crippen LogP contribution is 2.26. The Labute approximate surface area is 173 Å². The Morgan fingerprint density at radius 2 is 1.76 bits per heavy atom. The van der Waals surface area contributed by atoms with Gasteiger partial charge in [0.25, 0.3) is 0 Å². The van der Waals surface area contributed by atoms with Gasteiger partial charge < -0.3 is 10.0 Å². The number of aryl methyl sites for hydroxylation is 1. The molecule has 1 heterocycles. The number of carbonyl (C=O) groups excluding carboxylic acids is 1. The van der Waals surface area contributed by atoms with Crippen molar-refractivity contribution >= 4 is 5.91 Å². The SMILES string of the molecule is CN(C)C(=O)CCc1ccc(CC2CCN(Cc3cccc(F)c3O)CC2)cc1. The van der Waals surface area contributed by atoms with Crippen LogP contribution < -0.4 is 0 Å². The molecule has 0 spiro atoms. The summed E-state index contributed by atoms with van der Waals surface area (Å²) in [5.41, 5.74) is 3.20. The summed E-state index contributed by atoms with van der Waals surface area (Å²) in [7, 11) is 3.58. The zero-order valence-electron chi connectivity index (χ0n) is 17.4. The van der Waals surface area contributed by atoms with Gasteiger partial charge in [0.05, 0.1) is 0 Å². The number of amides is 1. The standard InChI is InChI=1S/C24H31FN2O2/c1-26(2)23(28)11-10-18-6-8-19(9-7-18)16-20-12-14-27(15-13-20)17-21-4-3-5-22(25)24(21)29/h3-9,20,29H,10-17H2,1-2H3. The van der Waals surface area contributed by atoms with Crippen LogP contribution in [0.4, 0.5) is 4.39 Å². The van der Waals surface area contributed by atoms with Crippen molar-refractivity contribution in [3.63, 3.8) is 0 Å². The van der Waals surface area contributed by atoms with Gasteiger partial charge in [-0.3, -0.25) is 9.69 Å². The molecule has 156 valence electrons. The number of hydrogen-bond donors (Lipinski definition) is 1. The highest BCUT2D eigenvalue weighted by atomic mass is 19.1. The highest BCUT2D eigenvalue weighted by Gasteiger charge is 2.21. The fourth-order valence-electron chi connectivity index (χ4n) is 3.93. The Morgan fingerprint density at radius 3 is 2.41 bits per heavy atom. The van der Waals surface area contributed by atoms with Crippen LogP contribution in [0.5, 0.6) is 5.75 Å². The van der Waals surface area contributed by atoms with E-state index in [0.29, 0.717) is 24.4 Å². The Morgan fingerprint density at radius 1 is 1.10 bits per heavy atom. The van der Waals surface area contributed by atoms with E-state index in [4.69, 9.17) is 0 Å². The van der Waals surface area contributed by atoms with Gasteiger partial charge in [0.1, 0.15) is 0 Å². The number of benzene rings is 2. The Hall–Kier alpha value is -2.40. The van der Waals surface area contributed by atoms with Crippen molar-refractivity contribution in [2.75, 3.05) is 27.2 Å². The fourth-order valence-corrected chi connectivity index (χ4v) is 3.93. The molecule has 0 saturated carbocycles. The van der Waals surface area contributed by atoms with E-state index in [1.165, 1.54) is 17.2 Å². The van der Waals surface area contributed by atoms with Gasteiger partial charge in [-0.25, -0.2) is 4.39 Å². The first-order valence-corrected chi connectivity index (χ1v) is 10.4. The van der Waals surface area contributed by atoms with Gasteiger partial charge >= 0.3 is 0 Å². The molecule has 0 aliphatic carbocycles. The van der Waals surface area contributed by atoms with Crippen molar-refractivity contribution in [1.29, 1.82) is 0 Å². The van der Waals surface area contributed by atoms with Gasteiger partial charge in [-0.1, -0.05) is 36.4 Å². The van der Waals surface area contributed by atoms with Crippen LogP contribution in [0.2, 0.25) is 0 Å². The largest absolute Gasteiger partial charge is 0.505 e. The fraction of sp³-hybridized carbons (Fsp3) is 0.458. The number of likely N-dealkylation sites (tertiary alicyclic amines) is 1. The maximum absolute atomic E-state index is 13.5. The van der Waals surface area contributed by atoms with Crippen LogP contribution in [0.25, 0.3) is 0 Å². The first-order valence-electron chi connectivity index (χ1n) is 10.4. The molecule has 5 heteroatoms. The first kappa shape index (κ1) is 21.3. The lowest BCUT2D eigenvalue weighted by Crippen LogP contribution is -2.33. The number of carbonyl (C=O) groups is 1. The second kappa shape index (κ2) is 9.88. The number of halogens is 1. The van der Waals surface area contributed by atoms with E-state index < -0.39 is 5.82 Å². The number of aromatic hydroxyl groups is 1. The molecule has 1 fully saturated rings. The molecule has 29 heavy (non-hydrogen) atoms. The summed E-state index contributed by atoms with van der Waals surface area (Å²) in [5.74, 6) is 0.0369. The summed E-state index contributed by atoms with van der Waals surface area (Å²) in [6, 6.07) is 13.4. The van der Waals surface area contributed by atoms with E-state index >= 15 is 0 Å². The van der Waals surface area contributed by atoms with Crippen LogP contribution >= 0.6 is 0 Å². The van der Waals surface area contributed by atoms with Crippen LogP contribution in [0.15, 0.2) is 42.5 Å². The van der Waals surface area contributed by atoms with Crippen molar-refractivity contribution in [3.8, 4) is 5.75 Å². The number of para-hydroxylation sites is 1. The molecule has 3 rings (SSSR count). The van der Waals surface area contributed by atoms with Gasteiger partial charge in [0, 0.05) is 32.6 Å². The van der Waals surface area contributed by atoms with E-state index in [2.05, 4.69) is 29.2 Å². The predicted octanol–water partition coefficient (Wildman–Crippen LogP) is 4.01. The second-order valence-electron chi connectivity index (χ2n) is 8.28. The molecule has 1 amide bonds. The molecule has 0 bridgehead atoms. The summed E-state index contributed by atoms with van der Waals surface area (Å²) in [6.07, 6.45) is 4.61. The second-order valence-corrected chi connectivity index (χ2v) is 8.28. The molecular weight excluding hydrogens is 367 g/mol. The normalized spacial score (nSPS) is 15.4. The van der Waals surface area contributed by atoms with Crippen molar-refractivity contribution < 1.29 is 14.3 Å². The lowest BCUT2D eigenvalue weighted by atomic mass is 9.89. The van der Waals surface area contributed by atoms with E-state index in [1.807, 2.05) is 0 Å². The molecule has 1 aliphatic heterocycles. The Kier molecular flexibility index (Phi) is 7.26. The quantitative estimate of drug-likeness (QED) is 0.767. The molecule has 4 nitrogen and oxygen atoms in total. The van der Waals surface area contributed by atoms with Crippen LogP contribution in [0.3, 0.4) is 0 Å². The number of rotatable bonds is 7. The third kappa shape index (κ3) is 6.04. The number of phenols is 1. The van der Waals surface area contributed by atoms with Crippen molar-refractivity contribution in [2.24, 2.45) is 5.92 Å². The average molecular weight is 399 g/mol. The molecule has 0 atom stereocenters. The average Bonchev–Trinajstić information content (AvgIpc) is 2.72. The minimum absolute atomic E-state index is 0.160. The zero-order valence-corrected chi connectivity index (χ0v) is 17.4. The summed E-state index contributed by atoms with van der Waals surface area (Å²) in [6.45, 7) is 2.52. The van der Waals surface area contributed by atoms with Gasteiger partial charge in [-0.05, 0) is 61.9 Å². The number of phenolic OH excluding ortho intramolecular Hbond substituents is 1. The van der Waals surface area contributed by atoms with Gasteiger partial charge in [-0.15, -0.1) is 0 Å². The van der Waals surface area contributed by atoms with E-state index in [1.54, 1.807) is 31.1 Å². The monoisotopic (exact) mass is 398 g/mol. The van der Waals surface area contributed by atoms with E-state index in [9.17, 15) is 14.3 Å². The summed E-state index contributed by atoms with van der Waals surface area (Å²) in [4.78, 5) is 15.6. The smallest absolute Gasteiger partial charge is 0.222 e. The van der Waals surface area contributed by atoms with Crippen molar-refractivity contribution in [3.05, 3.63) is 65.0 Å². The summed E-state index contributed by atoms with van der Waals surface area (Å²) >= 11 is 0. The lowest BCUT2D eigenvalue weighted by molar-refractivity contribution is -0.128. The van der Waals surface area contributed by atoms with Gasteiger partial charge in [0.2, 0.25) is 5.91 Å². The molecule has 0 aromatic heterocycles. The summed E-state index contributed by atoms with van der Waals surface area (Å²) in [5, 5.41) is 9.87. The van der Waals surface area contributed by atoms with E-state index in [-0.39, 0.29) is 11.7 Å². The van der Waals surface area contributed by atoms with Crippen LogP contribution in [0.1, 0.15) is 36.0 Å². The molecule has 0 radical (unpaired) electrons. The molecule has 1 saturated heterocycles. The van der Waals surface area contributed by atoms with Gasteiger partial charge in [0.15, 0.2) is 11.6 Å². The highest BCUT2D eigenvalue weighted by molar-refractivity contribution is 5.75. The third-order valence-electron chi connectivity index (χ3n) is 5.85. The topological polar surface area (TPSA) is 43.8 Å². The summed E-state index contributed by atoms with van der Waals surface area (Å²) < 4.78 is 13.5. The van der Waals surface area contributed by atoms with Crippen molar-refractivity contribution in [2.45, 2.75) is 38.6 Å². The first-order chi connectivity index (χ1) is 13.9. The minimum Gasteiger partial charge on any atom is -0.505 e. The maximum Gasteiger partial charge on any atom is 0.222 e. The molecular formula is C24H31FN2O2. The Balaban J connectivity index is 1.44. The Bertz CT molecular complexity index is 812. The van der Waals surface area contributed by atoms with Crippen LogP contribution in [-0.4, -0.2) is 48.0 Å². The maximum atomic E-state index is 13.5. The van der Waals surface area contributed by atoms with Crippen molar-refractivity contribution in [1.82, 2.24) is 9.80 Å². The van der Waals surface area contributed by atoms with Gasteiger partial charge in [-0.2, -0.15) is 0 Å². The predicted molar refractivity (Wildman–Crippen MR) is 113 cm³/mol. The number of hydrogen-bond acceptors (Lipinski definition) is 3. The number of piperidine rings is 1. The van der Waals surface area contributed by atoms with Crippen LogP contribution in [0, 0.1) is 11.7 Å². The molecule has 0 unspecified atom stereocenters. The third-order valence-corrected chi connectivity index (χ3v) is 5.85. The molecule has 1 N–H and O–H groups in total. The molecule has 1 aliphatic rings. The van der Waals surface area contributed by atoms with E-state index in [0.717, 1.165) is 38.8 Å². The minimum atomic E-state index is -0.549. The zero-order chi connectivity index (χ0) is 20.8. The number of nitrogens with zero attached hydrogens (tertiary/aromatic N) is 2. The van der Waals surface area contributed by atoms with Crippen LogP contribution in [-0.2, 0) is 24.2 Å². The molecule has 2 aromatic carbocycles.